The second-order valence-electron chi connectivity index (χ2n) is 3.43. The molecule has 1 aromatic rings. The van der Waals surface area contributed by atoms with Crippen molar-refractivity contribution >= 4 is 0 Å². The summed E-state index contributed by atoms with van der Waals surface area (Å²) in [6.45, 7) is 3.18. The lowest BCUT2D eigenvalue weighted by atomic mass is 10.00. The molecule has 0 saturated heterocycles. The third-order valence-electron chi connectivity index (χ3n) is 2.16. The number of aliphatic hydroxyl groups excluding tert-OH is 1. The Bertz CT molecular complexity index is 339. The molecule has 2 atom stereocenters. The fourth-order valence-corrected chi connectivity index (χ4v) is 1.24. The van der Waals surface area contributed by atoms with Crippen LogP contribution >= 0.6 is 0 Å². The van der Waals surface area contributed by atoms with E-state index in [0.29, 0.717) is 5.56 Å². The topological polar surface area (TPSA) is 66.5 Å². The normalized spacial score (nSPS) is 15.2. The van der Waals surface area contributed by atoms with Gasteiger partial charge in [-0.05, 0) is 25.5 Å². The summed E-state index contributed by atoms with van der Waals surface area (Å²) in [5, 5.41) is 19.1. The Hall–Kier alpha value is -1.13. The zero-order valence-electron chi connectivity index (χ0n) is 8.16. The van der Waals surface area contributed by atoms with Gasteiger partial charge < -0.3 is 15.9 Å². The Morgan fingerprint density at radius 1 is 1.43 bits per heavy atom. The van der Waals surface area contributed by atoms with E-state index in [0.717, 1.165) is 0 Å². The lowest BCUT2D eigenvalue weighted by molar-refractivity contribution is 0.145. The van der Waals surface area contributed by atoms with Crippen LogP contribution in [0.4, 0.5) is 4.39 Å². The van der Waals surface area contributed by atoms with E-state index in [1.165, 1.54) is 12.1 Å². The maximum absolute atomic E-state index is 13.3. The first-order chi connectivity index (χ1) is 6.45. The minimum Gasteiger partial charge on any atom is -0.507 e. The van der Waals surface area contributed by atoms with Crippen LogP contribution in [-0.4, -0.2) is 16.3 Å². The van der Waals surface area contributed by atoms with Crippen LogP contribution in [0, 0.1) is 12.7 Å². The van der Waals surface area contributed by atoms with Crippen molar-refractivity contribution in [1.82, 2.24) is 0 Å². The molecular formula is C10H14FNO2. The number of halogens is 1. The highest BCUT2D eigenvalue weighted by Gasteiger charge is 2.21. The lowest BCUT2D eigenvalue weighted by Crippen LogP contribution is -2.25. The fraction of sp³-hybridized carbons (Fsp3) is 0.400. The minimum absolute atomic E-state index is 0.125. The van der Waals surface area contributed by atoms with Crippen molar-refractivity contribution in [2.45, 2.75) is 26.0 Å². The van der Waals surface area contributed by atoms with Gasteiger partial charge >= 0.3 is 0 Å². The van der Waals surface area contributed by atoms with Gasteiger partial charge in [-0.3, -0.25) is 0 Å². The predicted molar refractivity (Wildman–Crippen MR) is 51.4 cm³/mol. The molecule has 0 aliphatic rings. The molecule has 78 valence electrons. The zero-order chi connectivity index (χ0) is 10.9. The second-order valence-corrected chi connectivity index (χ2v) is 3.43. The number of hydrogen-bond acceptors (Lipinski definition) is 3. The fourth-order valence-electron chi connectivity index (χ4n) is 1.24. The monoisotopic (exact) mass is 199 g/mol. The Morgan fingerprint density at radius 2 is 2.00 bits per heavy atom. The van der Waals surface area contributed by atoms with Gasteiger partial charge in [-0.15, -0.1) is 0 Å². The van der Waals surface area contributed by atoms with Crippen molar-refractivity contribution in [2.24, 2.45) is 5.73 Å². The van der Waals surface area contributed by atoms with Gasteiger partial charge in [-0.1, -0.05) is 6.07 Å². The summed E-state index contributed by atoms with van der Waals surface area (Å²) in [7, 11) is 0. The van der Waals surface area contributed by atoms with Crippen LogP contribution in [-0.2, 0) is 0 Å². The molecule has 1 aromatic carbocycles. The summed E-state index contributed by atoms with van der Waals surface area (Å²) < 4.78 is 13.3. The van der Waals surface area contributed by atoms with Crippen LogP contribution in [0.1, 0.15) is 24.2 Å². The Morgan fingerprint density at radius 3 is 2.50 bits per heavy atom. The Balaban J connectivity index is 3.25. The summed E-state index contributed by atoms with van der Waals surface area (Å²) in [5.41, 5.74) is 5.82. The van der Waals surface area contributed by atoms with E-state index in [2.05, 4.69) is 0 Å². The second kappa shape index (κ2) is 3.94. The highest BCUT2D eigenvalue weighted by Crippen LogP contribution is 2.31. The number of rotatable bonds is 2. The van der Waals surface area contributed by atoms with Crippen LogP contribution < -0.4 is 5.73 Å². The number of benzene rings is 1. The summed E-state index contributed by atoms with van der Waals surface area (Å²) in [5.74, 6) is -0.868. The van der Waals surface area contributed by atoms with Crippen molar-refractivity contribution in [1.29, 1.82) is 0 Å². The van der Waals surface area contributed by atoms with Crippen LogP contribution in [0.2, 0.25) is 0 Å². The summed E-state index contributed by atoms with van der Waals surface area (Å²) in [6.07, 6.45) is -1.19. The van der Waals surface area contributed by atoms with Crippen molar-refractivity contribution < 1.29 is 14.6 Å². The molecule has 1 rings (SSSR count). The van der Waals surface area contributed by atoms with Gasteiger partial charge in [0.05, 0.1) is 5.56 Å². The molecule has 0 saturated carbocycles. The van der Waals surface area contributed by atoms with E-state index in [4.69, 9.17) is 5.73 Å². The van der Waals surface area contributed by atoms with Gasteiger partial charge in [0.2, 0.25) is 0 Å². The number of nitrogens with two attached hydrogens (primary N) is 1. The highest BCUT2D eigenvalue weighted by molar-refractivity contribution is 5.42. The molecule has 0 aliphatic carbocycles. The van der Waals surface area contributed by atoms with Gasteiger partial charge in [-0.2, -0.15) is 0 Å². The van der Waals surface area contributed by atoms with E-state index >= 15 is 0 Å². The van der Waals surface area contributed by atoms with Crippen molar-refractivity contribution in [3.05, 3.63) is 29.1 Å². The molecular weight excluding hydrogens is 185 g/mol. The molecule has 0 aromatic heterocycles. The van der Waals surface area contributed by atoms with E-state index in [-0.39, 0.29) is 11.3 Å². The largest absolute Gasteiger partial charge is 0.507 e. The van der Waals surface area contributed by atoms with E-state index in [9.17, 15) is 14.6 Å². The molecule has 0 spiro atoms. The summed E-state index contributed by atoms with van der Waals surface area (Å²) in [4.78, 5) is 0. The Kier molecular flexibility index (Phi) is 3.08. The standard InChI is InChI=1S/C10H14FNO2/c1-5-3-4-7(11)8(9(5)13)10(14)6(2)12/h3-4,6,10,13-14H,12H2,1-2H3. The van der Waals surface area contributed by atoms with Gasteiger partial charge in [0.1, 0.15) is 17.7 Å². The smallest absolute Gasteiger partial charge is 0.132 e. The first-order valence-electron chi connectivity index (χ1n) is 4.36. The van der Waals surface area contributed by atoms with E-state index in [1.807, 2.05) is 0 Å². The molecule has 0 heterocycles. The van der Waals surface area contributed by atoms with E-state index in [1.54, 1.807) is 13.8 Å². The molecule has 0 amide bonds. The average molecular weight is 199 g/mol. The third-order valence-corrected chi connectivity index (χ3v) is 2.16. The molecule has 4 N–H and O–H groups in total. The maximum atomic E-state index is 13.3. The van der Waals surface area contributed by atoms with Crippen LogP contribution in [0.3, 0.4) is 0 Å². The Labute approximate surface area is 82.0 Å². The van der Waals surface area contributed by atoms with Crippen molar-refractivity contribution in [3.8, 4) is 5.75 Å². The van der Waals surface area contributed by atoms with Gasteiger partial charge in [0.25, 0.3) is 0 Å². The number of aryl methyl sites for hydroxylation is 1. The number of hydrogen-bond donors (Lipinski definition) is 3. The number of aromatic hydroxyl groups is 1. The van der Waals surface area contributed by atoms with Gasteiger partial charge in [0, 0.05) is 6.04 Å². The van der Waals surface area contributed by atoms with E-state index < -0.39 is 18.0 Å². The van der Waals surface area contributed by atoms with Crippen LogP contribution in [0.5, 0.6) is 5.75 Å². The molecule has 2 unspecified atom stereocenters. The minimum atomic E-state index is -1.19. The summed E-state index contributed by atoms with van der Waals surface area (Å²) in [6, 6.07) is 2.02. The van der Waals surface area contributed by atoms with Gasteiger partial charge in [-0.25, -0.2) is 4.39 Å². The SMILES string of the molecule is Cc1ccc(F)c(C(O)C(C)N)c1O. The van der Waals surface area contributed by atoms with Crippen LogP contribution in [0.15, 0.2) is 12.1 Å². The molecule has 4 heteroatoms. The zero-order valence-corrected chi connectivity index (χ0v) is 8.16. The number of phenolic OH excluding ortho intramolecular Hbond substituents is 1. The number of phenols is 1. The number of aliphatic hydroxyl groups is 1. The van der Waals surface area contributed by atoms with Crippen molar-refractivity contribution in [2.75, 3.05) is 0 Å². The predicted octanol–water partition coefficient (Wildman–Crippen LogP) is 1.22. The van der Waals surface area contributed by atoms with Crippen molar-refractivity contribution in [3.63, 3.8) is 0 Å². The molecule has 14 heavy (non-hydrogen) atoms. The molecule has 0 bridgehead atoms. The molecule has 3 nitrogen and oxygen atoms in total. The maximum Gasteiger partial charge on any atom is 0.132 e. The van der Waals surface area contributed by atoms with Gasteiger partial charge in [0.15, 0.2) is 0 Å². The lowest BCUT2D eigenvalue weighted by Gasteiger charge is -2.17. The average Bonchev–Trinajstić information content (AvgIpc) is 2.12. The molecule has 0 aliphatic heterocycles. The quantitative estimate of drug-likeness (QED) is 0.671. The van der Waals surface area contributed by atoms with Crippen LogP contribution in [0.25, 0.3) is 0 Å². The summed E-state index contributed by atoms with van der Waals surface area (Å²) >= 11 is 0. The third kappa shape index (κ3) is 1.86. The highest BCUT2D eigenvalue weighted by atomic mass is 19.1. The first kappa shape index (κ1) is 10.9. The molecule has 0 fully saturated rings. The molecule has 0 radical (unpaired) electrons. The first-order valence-corrected chi connectivity index (χ1v) is 4.36.